The molecule has 3 aromatic carbocycles. The average Bonchev–Trinajstić information content (AvgIpc) is 2.97. The summed E-state index contributed by atoms with van der Waals surface area (Å²) in [5, 5.41) is 16.4. The van der Waals surface area contributed by atoms with Gasteiger partial charge in [-0.25, -0.2) is 4.39 Å². The van der Waals surface area contributed by atoms with Gasteiger partial charge in [-0.3, -0.25) is 9.59 Å². The van der Waals surface area contributed by atoms with Crippen molar-refractivity contribution in [3.63, 3.8) is 0 Å². The Hall–Kier alpha value is -4.86. The SMILES string of the molecule is COC(=O)Cc1ccc2c(c1)NC(=O)CCCCC(c1ccc(-c3c(F)cccc3OC(F)F)c[n+]1[O-])c1cccc-2c1. The molecule has 1 unspecified atom stereocenters. The standard InChI is InChI=1S/C33H29F3N2O5/c1-42-31(40)17-20-12-14-24-21-6-4-7-22(18-21)25(8-2-3-11-30(39)37-27(24)16-20)28-15-13-23(19-38(28)41)32-26(34)9-5-10-29(32)43-33(35)36/h4-7,9-10,12-16,18-19,25,33H,2-3,8,11,17H2,1H3,(H,37,39). The zero-order chi connectivity index (χ0) is 30.5. The number of methoxy groups -OCH3 is 1. The van der Waals surface area contributed by atoms with Crippen molar-refractivity contribution in [3.05, 3.63) is 107 Å². The largest absolute Gasteiger partial charge is 0.618 e. The summed E-state index contributed by atoms with van der Waals surface area (Å²) in [6.45, 7) is -3.16. The zero-order valence-electron chi connectivity index (χ0n) is 23.3. The van der Waals surface area contributed by atoms with E-state index in [1.165, 1.54) is 25.3 Å². The number of alkyl halides is 2. The summed E-state index contributed by atoms with van der Waals surface area (Å²) in [6.07, 6.45) is 3.25. The van der Waals surface area contributed by atoms with Gasteiger partial charge in [0.15, 0.2) is 11.9 Å². The van der Waals surface area contributed by atoms with E-state index in [0.717, 1.165) is 29.0 Å². The molecule has 2 heterocycles. The van der Waals surface area contributed by atoms with E-state index in [-0.39, 0.29) is 41.5 Å². The van der Waals surface area contributed by atoms with E-state index in [9.17, 15) is 28.0 Å². The van der Waals surface area contributed by atoms with Crippen LogP contribution in [0, 0.1) is 11.0 Å². The molecule has 0 saturated carbocycles. The Morgan fingerprint density at radius 3 is 2.63 bits per heavy atom. The van der Waals surface area contributed by atoms with E-state index in [4.69, 9.17) is 4.74 Å². The van der Waals surface area contributed by atoms with E-state index in [0.29, 0.717) is 40.9 Å². The smallest absolute Gasteiger partial charge is 0.387 e. The minimum Gasteiger partial charge on any atom is -0.618 e. The first-order chi connectivity index (χ1) is 20.7. The van der Waals surface area contributed by atoms with Crippen LogP contribution in [0.3, 0.4) is 0 Å². The molecule has 1 aliphatic heterocycles. The summed E-state index contributed by atoms with van der Waals surface area (Å²) in [4.78, 5) is 24.7. The molecule has 1 aliphatic rings. The zero-order valence-corrected chi connectivity index (χ0v) is 23.3. The van der Waals surface area contributed by atoms with Crippen molar-refractivity contribution in [2.24, 2.45) is 0 Å². The second-order valence-electron chi connectivity index (χ2n) is 10.3. The summed E-state index contributed by atoms with van der Waals surface area (Å²) in [5.74, 6) is -2.09. The molecule has 0 fully saturated rings. The lowest BCUT2D eigenvalue weighted by atomic mass is 9.87. The number of amides is 1. The van der Waals surface area contributed by atoms with Crippen molar-refractivity contribution in [3.8, 4) is 28.0 Å². The van der Waals surface area contributed by atoms with Crippen LogP contribution in [0.25, 0.3) is 22.3 Å². The van der Waals surface area contributed by atoms with Gasteiger partial charge in [-0.05, 0) is 53.8 Å². The third-order valence-corrected chi connectivity index (χ3v) is 7.46. The number of carbonyl (C=O) groups excluding carboxylic acids is 2. The Balaban J connectivity index is 1.55. The van der Waals surface area contributed by atoms with Gasteiger partial charge in [0.25, 0.3) is 0 Å². The minimum atomic E-state index is -3.16. The molecule has 1 atom stereocenters. The van der Waals surface area contributed by atoms with Gasteiger partial charge >= 0.3 is 12.6 Å². The van der Waals surface area contributed by atoms with Gasteiger partial charge in [-0.15, -0.1) is 0 Å². The predicted octanol–water partition coefficient (Wildman–Crippen LogP) is 6.75. The summed E-state index contributed by atoms with van der Waals surface area (Å²) >= 11 is 0. The first-order valence-electron chi connectivity index (χ1n) is 13.8. The topological polar surface area (TPSA) is 91.6 Å². The molecule has 1 aromatic heterocycles. The molecule has 10 heteroatoms. The maximum Gasteiger partial charge on any atom is 0.387 e. The molecule has 1 amide bonds. The Labute approximate surface area is 246 Å². The van der Waals surface area contributed by atoms with Crippen LogP contribution >= 0.6 is 0 Å². The quantitative estimate of drug-likeness (QED) is 0.152. The second kappa shape index (κ2) is 13.0. The molecular formula is C33H29F3N2O5. The van der Waals surface area contributed by atoms with Crippen molar-refractivity contribution < 1.29 is 37.0 Å². The van der Waals surface area contributed by atoms with Crippen molar-refractivity contribution in [1.82, 2.24) is 0 Å². The lowest BCUT2D eigenvalue weighted by Crippen LogP contribution is -2.33. The molecular weight excluding hydrogens is 561 g/mol. The Kier molecular flexibility index (Phi) is 8.94. The van der Waals surface area contributed by atoms with Gasteiger partial charge in [-0.2, -0.15) is 13.5 Å². The Morgan fingerprint density at radius 1 is 1.05 bits per heavy atom. The Bertz CT molecular complexity index is 1660. The number of anilines is 1. The molecule has 1 N–H and O–H groups in total. The summed E-state index contributed by atoms with van der Waals surface area (Å²) in [7, 11) is 1.32. The highest BCUT2D eigenvalue weighted by molar-refractivity contribution is 5.96. The number of halogens is 3. The fourth-order valence-electron chi connectivity index (χ4n) is 5.44. The van der Waals surface area contributed by atoms with Gasteiger partial charge < -0.3 is 20.0 Å². The molecule has 5 rings (SSSR count). The minimum absolute atomic E-state index is 0.0594. The second-order valence-corrected chi connectivity index (χ2v) is 10.3. The molecule has 2 bridgehead atoms. The monoisotopic (exact) mass is 590 g/mol. The Morgan fingerprint density at radius 2 is 1.86 bits per heavy atom. The molecule has 0 spiro atoms. The number of fused-ring (bicyclic) bond motifs is 4. The molecule has 0 radical (unpaired) electrons. The van der Waals surface area contributed by atoms with Crippen molar-refractivity contribution in [1.29, 1.82) is 0 Å². The van der Waals surface area contributed by atoms with Crippen LogP contribution in [0.5, 0.6) is 5.75 Å². The lowest BCUT2D eigenvalue weighted by Gasteiger charge is -2.20. The number of ether oxygens (including phenoxy) is 2. The summed E-state index contributed by atoms with van der Waals surface area (Å²) in [6, 6.07) is 19.7. The normalized spacial score (nSPS) is 15.1. The number of nitrogens with one attached hydrogen (secondary N) is 1. The van der Waals surface area contributed by atoms with E-state index in [1.807, 2.05) is 30.3 Å². The van der Waals surface area contributed by atoms with Gasteiger partial charge in [0.1, 0.15) is 11.6 Å². The summed E-state index contributed by atoms with van der Waals surface area (Å²) in [5.41, 5.74) is 3.93. The van der Waals surface area contributed by atoms with E-state index in [2.05, 4.69) is 10.1 Å². The number of esters is 1. The average molecular weight is 591 g/mol. The third-order valence-electron chi connectivity index (χ3n) is 7.46. The first-order valence-corrected chi connectivity index (χ1v) is 13.8. The van der Waals surface area contributed by atoms with Crippen LogP contribution in [0.1, 0.15) is 48.4 Å². The fraction of sp³-hybridized carbons (Fsp3) is 0.242. The van der Waals surface area contributed by atoms with Crippen LogP contribution < -0.4 is 14.8 Å². The van der Waals surface area contributed by atoms with Crippen molar-refractivity contribution >= 4 is 17.6 Å². The molecule has 4 aromatic rings. The van der Waals surface area contributed by atoms with Crippen molar-refractivity contribution in [2.45, 2.75) is 44.6 Å². The van der Waals surface area contributed by atoms with Crippen LogP contribution in [0.2, 0.25) is 0 Å². The van der Waals surface area contributed by atoms with E-state index < -0.39 is 18.4 Å². The predicted molar refractivity (Wildman–Crippen MR) is 154 cm³/mol. The van der Waals surface area contributed by atoms with Crippen LogP contribution in [-0.4, -0.2) is 25.6 Å². The van der Waals surface area contributed by atoms with E-state index >= 15 is 0 Å². The van der Waals surface area contributed by atoms with Gasteiger partial charge in [-0.1, -0.05) is 48.9 Å². The number of hydrogen-bond donors (Lipinski definition) is 1. The molecule has 0 saturated heterocycles. The van der Waals surface area contributed by atoms with Crippen molar-refractivity contribution in [2.75, 3.05) is 12.4 Å². The highest BCUT2D eigenvalue weighted by Crippen LogP contribution is 2.37. The number of hydrogen-bond acceptors (Lipinski definition) is 5. The lowest BCUT2D eigenvalue weighted by molar-refractivity contribution is -0.614. The fourth-order valence-corrected chi connectivity index (χ4v) is 5.44. The number of benzene rings is 3. The van der Waals surface area contributed by atoms with E-state index in [1.54, 1.807) is 18.2 Å². The third kappa shape index (κ3) is 6.80. The number of pyridine rings is 1. The first kappa shape index (κ1) is 29.6. The number of nitrogens with zero attached hydrogens (tertiary/aromatic N) is 1. The molecule has 222 valence electrons. The highest BCUT2D eigenvalue weighted by Gasteiger charge is 2.26. The number of aromatic nitrogens is 1. The molecule has 7 nitrogen and oxygen atoms in total. The van der Waals surface area contributed by atoms with Gasteiger partial charge in [0, 0.05) is 23.7 Å². The van der Waals surface area contributed by atoms with Crippen LogP contribution in [-0.2, 0) is 20.7 Å². The van der Waals surface area contributed by atoms with Gasteiger partial charge in [0.2, 0.25) is 5.91 Å². The number of rotatable bonds is 6. The molecule has 0 aliphatic carbocycles. The molecule has 43 heavy (non-hydrogen) atoms. The van der Waals surface area contributed by atoms with Crippen LogP contribution in [0.15, 0.2) is 79.0 Å². The maximum atomic E-state index is 14.7. The summed E-state index contributed by atoms with van der Waals surface area (Å²) < 4.78 is 50.6. The maximum absolute atomic E-state index is 14.7. The van der Waals surface area contributed by atoms with Gasteiger partial charge in [0.05, 0.1) is 30.6 Å². The highest BCUT2D eigenvalue weighted by atomic mass is 19.3. The number of carbonyl (C=O) groups is 2. The van der Waals surface area contributed by atoms with Crippen LogP contribution in [0.4, 0.5) is 18.9 Å².